The predicted molar refractivity (Wildman–Crippen MR) is 103 cm³/mol. The first-order valence-electron chi connectivity index (χ1n) is 9.07. The second-order valence-corrected chi connectivity index (χ2v) is 9.35. The number of rotatable bonds is 9. The molecule has 146 valence electrons. The van der Waals surface area contributed by atoms with Gasteiger partial charge in [0.2, 0.25) is 0 Å². The van der Waals surface area contributed by atoms with Crippen molar-refractivity contribution in [3.63, 3.8) is 0 Å². The largest absolute Gasteiger partial charge is 0.365 e. The van der Waals surface area contributed by atoms with Crippen LogP contribution in [-0.2, 0) is 19.1 Å². The molecule has 0 saturated carbocycles. The Morgan fingerprint density at radius 2 is 1.44 bits per heavy atom. The van der Waals surface area contributed by atoms with Gasteiger partial charge in [-0.1, -0.05) is 33.8 Å². The van der Waals surface area contributed by atoms with Crippen molar-refractivity contribution >= 4 is 11.6 Å². The van der Waals surface area contributed by atoms with Crippen LogP contribution in [0.3, 0.4) is 0 Å². The molecule has 4 nitrogen and oxygen atoms in total. The molecule has 0 aromatic carbocycles. The molecule has 0 aliphatic rings. The first-order chi connectivity index (χ1) is 11.0. The number of carbonyl (C=O) groups excluding carboxylic acids is 2. The Labute approximate surface area is 154 Å². The van der Waals surface area contributed by atoms with Crippen molar-refractivity contribution in [2.45, 2.75) is 99.1 Å². The van der Waals surface area contributed by atoms with E-state index in [2.05, 4.69) is 6.58 Å². The number of hydrogen-bond acceptors (Lipinski definition) is 4. The molecule has 0 N–H and O–H groups in total. The van der Waals surface area contributed by atoms with Crippen molar-refractivity contribution in [1.29, 1.82) is 0 Å². The molecule has 0 aliphatic carbocycles. The van der Waals surface area contributed by atoms with Gasteiger partial charge in [0.15, 0.2) is 11.6 Å². The molecule has 3 atom stereocenters. The summed E-state index contributed by atoms with van der Waals surface area (Å²) in [5.74, 6) is -0.426. The van der Waals surface area contributed by atoms with Crippen LogP contribution in [-0.4, -0.2) is 35.0 Å². The highest BCUT2D eigenvalue weighted by atomic mass is 16.5. The Bertz CT molecular complexity index is 477. The van der Waals surface area contributed by atoms with Gasteiger partial charge in [0.1, 0.15) is 12.2 Å². The summed E-state index contributed by atoms with van der Waals surface area (Å²) in [6.45, 7) is 22.4. The second kappa shape index (κ2) is 8.59. The maximum atomic E-state index is 12.8. The minimum Gasteiger partial charge on any atom is -0.365 e. The maximum Gasteiger partial charge on any atom is 0.167 e. The van der Waals surface area contributed by atoms with E-state index >= 15 is 0 Å². The number of ether oxygens (including phenoxy) is 2. The van der Waals surface area contributed by atoms with E-state index in [4.69, 9.17) is 9.47 Å². The van der Waals surface area contributed by atoms with Crippen LogP contribution in [0.25, 0.3) is 0 Å². The number of carbonyl (C=O) groups is 2. The Morgan fingerprint density at radius 3 is 1.80 bits per heavy atom. The Morgan fingerprint density at radius 1 is 0.960 bits per heavy atom. The van der Waals surface area contributed by atoms with Crippen molar-refractivity contribution in [3.05, 3.63) is 12.7 Å². The van der Waals surface area contributed by atoms with Crippen molar-refractivity contribution < 1.29 is 19.1 Å². The van der Waals surface area contributed by atoms with E-state index in [1.807, 2.05) is 62.3 Å². The van der Waals surface area contributed by atoms with E-state index in [1.54, 1.807) is 13.0 Å². The molecule has 0 saturated heterocycles. The molecular formula is C21H38O4. The number of hydrogen-bond donors (Lipinski definition) is 0. The van der Waals surface area contributed by atoms with Crippen LogP contribution in [0.1, 0.15) is 75.7 Å². The lowest BCUT2D eigenvalue weighted by molar-refractivity contribution is -0.166. The molecule has 0 aromatic heterocycles. The molecule has 0 amide bonds. The summed E-state index contributed by atoms with van der Waals surface area (Å²) in [5, 5.41) is 0. The van der Waals surface area contributed by atoms with Gasteiger partial charge in [0.05, 0.1) is 11.2 Å². The maximum absolute atomic E-state index is 12.8. The molecule has 4 heteroatoms. The summed E-state index contributed by atoms with van der Waals surface area (Å²) in [5.41, 5.74) is -1.70. The van der Waals surface area contributed by atoms with E-state index < -0.39 is 34.7 Å². The molecular weight excluding hydrogens is 316 g/mol. The second-order valence-electron chi connectivity index (χ2n) is 9.35. The Balaban J connectivity index is 5.27. The highest BCUT2D eigenvalue weighted by Crippen LogP contribution is 2.30. The van der Waals surface area contributed by atoms with Crippen LogP contribution in [0.15, 0.2) is 12.7 Å². The average molecular weight is 355 g/mol. The van der Waals surface area contributed by atoms with Gasteiger partial charge in [0.25, 0.3) is 0 Å². The van der Waals surface area contributed by atoms with Gasteiger partial charge in [0, 0.05) is 11.3 Å². The zero-order valence-electron chi connectivity index (χ0n) is 17.9. The standard InChI is InChI=1S/C21H38O4/c1-12-13-16(18(23)19(4,5)6)25-21(10,11)14(2)17(22)15(3)24-20(7,8)9/h12,14-16H,1,13H2,2-11H3. The van der Waals surface area contributed by atoms with Gasteiger partial charge in [-0.05, 0) is 48.0 Å². The quantitative estimate of drug-likeness (QED) is 0.561. The first kappa shape index (κ1) is 24.0. The van der Waals surface area contributed by atoms with Crippen molar-refractivity contribution in [3.8, 4) is 0 Å². The summed E-state index contributed by atoms with van der Waals surface area (Å²) >= 11 is 0. The van der Waals surface area contributed by atoms with Crippen molar-refractivity contribution in [2.75, 3.05) is 0 Å². The fourth-order valence-corrected chi connectivity index (χ4v) is 2.59. The summed E-state index contributed by atoms with van der Waals surface area (Å²) in [6, 6.07) is 0. The molecule has 0 radical (unpaired) electrons. The third-order valence-corrected chi connectivity index (χ3v) is 4.26. The van der Waals surface area contributed by atoms with Gasteiger partial charge in [-0.3, -0.25) is 9.59 Å². The number of ketones is 2. The highest BCUT2D eigenvalue weighted by Gasteiger charge is 2.40. The summed E-state index contributed by atoms with van der Waals surface area (Å²) < 4.78 is 11.9. The Hall–Kier alpha value is -1.00. The topological polar surface area (TPSA) is 52.6 Å². The summed E-state index contributed by atoms with van der Waals surface area (Å²) in [4.78, 5) is 25.4. The van der Waals surface area contributed by atoms with E-state index in [1.165, 1.54) is 0 Å². The molecule has 3 unspecified atom stereocenters. The molecule has 0 fully saturated rings. The molecule has 25 heavy (non-hydrogen) atoms. The zero-order chi connectivity index (χ0) is 20.2. The molecule has 0 aromatic rings. The van der Waals surface area contributed by atoms with Crippen molar-refractivity contribution in [1.82, 2.24) is 0 Å². The zero-order valence-corrected chi connectivity index (χ0v) is 17.9. The molecule has 0 rings (SSSR count). The lowest BCUT2D eigenvalue weighted by Gasteiger charge is -2.37. The summed E-state index contributed by atoms with van der Waals surface area (Å²) in [6.07, 6.45) is 0.965. The molecule has 0 spiro atoms. The van der Waals surface area contributed by atoms with Crippen LogP contribution in [0.4, 0.5) is 0 Å². The fraction of sp³-hybridized carbons (Fsp3) is 0.810. The number of Topliss-reactive ketones (excluding diaryl/α,β-unsaturated/α-hetero) is 2. The smallest absolute Gasteiger partial charge is 0.167 e. The predicted octanol–water partition coefficient (Wildman–Crippen LogP) is 4.75. The molecule has 0 heterocycles. The van der Waals surface area contributed by atoms with Crippen LogP contribution >= 0.6 is 0 Å². The lowest BCUT2D eigenvalue weighted by Crippen LogP contribution is -2.48. The van der Waals surface area contributed by atoms with Crippen molar-refractivity contribution in [2.24, 2.45) is 11.3 Å². The summed E-state index contributed by atoms with van der Waals surface area (Å²) in [7, 11) is 0. The van der Waals surface area contributed by atoms with Gasteiger partial charge >= 0.3 is 0 Å². The van der Waals surface area contributed by atoms with Crippen LogP contribution in [0.2, 0.25) is 0 Å². The van der Waals surface area contributed by atoms with Gasteiger partial charge in [-0.15, -0.1) is 6.58 Å². The van der Waals surface area contributed by atoms with Gasteiger partial charge in [-0.2, -0.15) is 0 Å². The Kier molecular flexibility index (Phi) is 8.25. The minimum atomic E-state index is -0.791. The van der Waals surface area contributed by atoms with E-state index in [-0.39, 0.29) is 11.6 Å². The first-order valence-corrected chi connectivity index (χ1v) is 9.07. The minimum absolute atomic E-state index is 0.0131. The van der Waals surface area contributed by atoms with E-state index in [0.717, 1.165) is 0 Å². The van der Waals surface area contributed by atoms with Gasteiger partial charge in [-0.25, -0.2) is 0 Å². The fourth-order valence-electron chi connectivity index (χ4n) is 2.59. The molecule has 0 aliphatic heterocycles. The van der Waals surface area contributed by atoms with Gasteiger partial charge < -0.3 is 9.47 Å². The van der Waals surface area contributed by atoms with E-state index in [9.17, 15) is 9.59 Å². The highest BCUT2D eigenvalue weighted by molar-refractivity contribution is 5.88. The van der Waals surface area contributed by atoms with E-state index in [0.29, 0.717) is 6.42 Å². The normalized spacial score (nSPS) is 16.9. The van der Waals surface area contributed by atoms with Crippen LogP contribution < -0.4 is 0 Å². The SMILES string of the molecule is C=CCC(OC(C)(C)C(C)C(=O)C(C)OC(C)(C)C)C(=O)C(C)(C)C. The van der Waals surface area contributed by atoms with Crippen LogP contribution in [0.5, 0.6) is 0 Å². The lowest BCUT2D eigenvalue weighted by atomic mass is 9.84. The average Bonchev–Trinajstić information content (AvgIpc) is 2.41. The monoisotopic (exact) mass is 354 g/mol. The van der Waals surface area contributed by atoms with Crippen LogP contribution in [0, 0.1) is 11.3 Å². The third-order valence-electron chi connectivity index (χ3n) is 4.26. The molecule has 0 bridgehead atoms. The third kappa shape index (κ3) is 7.83.